The molecule has 1 saturated heterocycles. The molecule has 0 spiro atoms. The van der Waals surface area contributed by atoms with Gasteiger partial charge < -0.3 is 10.4 Å². The average Bonchev–Trinajstić information content (AvgIpc) is 2.55. The Kier molecular flexibility index (Phi) is 6.04. The van der Waals surface area contributed by atoms with E-state index in [2.05, 4.69) is 5.32 Å². The zero-order chi connectivity index (χ0) is 17.7. The van der Waals surface area contributed by atoms with Gasteiger partial charge in [-0.15, -0.1) is 0 Å². The van der Waals surface area contributed by atoms with Crippen molar-refractivity contribution < 1.29 is 19.5 Å². The number of rotatable bonds is 6. The zero-order valence-electron chi connectivity index (χ0n) is 14.1. The highest BCUT2D eigenvalue weighted by Crippen LogP contribution is 2.27. The smallest absolute Gasteiger partial charge is 0.329 e. The number of carboxylic acid groups (broad SMARTS) is 1. The molecule has 1 fully saturated rings. The van der Waals surface area contributed by atoms with Crippen LogP contribution in [0.2, 0.25) is 0 Å². The van der Waals surface area contributed by atoms with Crippen LogP contribution in [-0.2, 0) is 9.59 Å². The Balaban J connectivity index is 1.96. The van der Waals surface area contributed by atoms with Gasteiger partial charge in [0.05, 0.1) is 0 Å². The van der Waals surface area contributed by atoms with Crippen molar-refractivity contribution in [3.8, 4) is 0 Å². The van der Waals surface area contributed by atoms with Crippen molar-refractivity contribution in [3.63, 3.8) is 0 Å². The van der Waals surface area contributed by atoms with Crippen LogP contribution in [0.3, 0.4) is 0 Å². The number of Topliss-reactive ketones (excluding diaryl/α,β-unsaturated/α-hetero) is 1. The molecule has 1 aromatic carbocycles. The lowest BCUT2D eigenvalue weighted by Crippen LogP contribution is -2.56. The van der Waals surface area contributed by atoms with Crippen molar-refractivity contribution in [2.75, 3.05) is 11.5 Å². The highest BCUT2D eigenvalue weighted by molar-refractivity contribution is 7.99. The fourth-order valence-corrected chi connectivity index (χ4v) is 4.03. The summed E-state index contributed by atoms with van der Waals surface area (Å²) in [5, 5.41) is 12.1. The maximum atomic E-state index is 12.3. The van der Waals surface area contributed by atoms with Gasteiger partial charge >= 0.3 is 5.97 Å². The topological polar surface area (TPSA) is 83.5 Å². The van der Waals surface area contributed by atoms with E-state index in [0.29, 0.717) is 29.9 Å². The Hall–Kier alpha value is -1.82. The summed E-state index contributed by atoms with van der Waals surface area (Å²) in [7, 11) is 0. The minimum atomic E-state index is -1.18. The van der Waals surface area contributed by atoms with E-state index < -0.39 is 11.5 Å². The lowest BCUT2D eigenvalue weighted by Gasteiger charge is -2.33. The molecule has 0 radical (unpaired) electrons. The Labute approximate surface area is 146 Å². The molecule has 0 bridgehead atoms. The van der Waals surface area contributed by atoms with Gasteiger partial charge in [0, 0.05) is 18.4 Å². The number of carbonyl (C=O) groups is 3. The van der Waals surface area contributed by atoms with Crippen LogP contribution >= 0.6 is 11.8 Å². The summed E-state index contributed by atoms with van der Waals surface area (Å²) in [6, 6.07) is 5.66. The molecule has 6 heteroatoms. The number of carboxylic acids is 1. The molecular weight excluding hydrogens is 326 g/mol. The molecule has 130 valence electrons. The van der Waals surface area contributed by atoms with Gasteiger partial charge in [-0.1, -0.05) is 17.7 Å². The van der Waals surface area contributed by atoms with Crippen molar-refractivity contribution in [2.24, 2.45) is 0 Å². The maximum absolute atomic E-state index is 12.3. The predicted molar refractivity (Wildman–Crippen MR) is 94.5 cm³/mol. The molecule has 0 unspecified atom stereocenters. The van der Waals surface area contributed by atoms with Gasteiger partial charge in [-0.3, -0.25) is 9.59 Å². The molecule has 0 saturated carbocycles. The SMILES string of the molecule is Cc1ccc(C)c(C(=O)CCC(=O)NC2(C(=O)O)CCSCC2)c1. The van der Waals surface area contributed by atoms with Crippen molar-refractivity contribution >= 4 is 29.4 Å². The second-order valence-corrected chi connectivity index (χ2v) is 7.51. The minimum Gasteiger partial charge on any atom is -0.480 e. The number of ketones is 1. The second kappa shape index (κ2) is 7.83. The fourth-order valence-electron chi connectivity index (χ4n) is 2.84. The Morgan fingerprint density at radius 1 is 1.17 bits per heavy atom. The van der Waals surface area contributed by atoms with Crippen molar-refractivity contribution in [1.29, 1.82) is 0 Å². The van der Waals surface area contributed by atoms with Crippen molar-refractivity contribution in [1.82, 2.24) is 5.32 Å². The normalized spacial score (nSPS) is 16.4. The number of aliphatic carboxylic acids is 1. The summed E-state index contributed by atoms with van der Waals surface area (Å²) < 4.78 is 0. The van der Waals surface area contributed by atoms with Crippen molar-refractivity contribution in [2.45, 2.75) is 45.1 Å². The summed E-state index contributed by atoms with van der Waals surface area (Å²) in [6.07, 6.45) is 0.933. The summed E-state index contributed by atoms with van der Waals surface area (Å²) in [5.41, 5.74) is 1.34. The molecule has 0 aromatic heterocycles. The van der Waals surface area contributed by atoms with E-state index in [1.807, 2.05) is 32.0 Å². The van der Waals surface area contributed by atoms with Crippen LogP contribution in [0.1, 0.15) is 47.2 Å². The van der Waals surface area contributed by atoms with E-state index in [-0.39, 0.29) is 24.5 Å². The summed E-state index contributed by atoms with van der Waals surface area (Å²) in [5.74, 6) is -0.0166. The number of thioether (sulfide) groups is 1. The molecule has 2 N–H and O–H groups in total. The summed E-state index contributed by atoms with van der Waals surface area (Å²) in [6.45, 7) is 3.78. The molecule has 0 aliphatic carbocycles. The van der Waals surface area contributed by atoms with E-state index in [0.717, 1.165) is 11.1 Å². The lowest BCUT2D eigenvalue weighted by molar-refractivity contribution is -0.148. The number of amides is 1. The number of carbonyl (C=O) groups excluding carboxylic acids is 2. The Morgan fingerprint density at radius 3 is 2.46 bits per heavy atom. The van der Waals surface area contributed by atoms with Crippen LogP contribution in [0.5, 0.6) is 0 Å². The molecule has 1 amide bonds. The molecule has 2 rings (SSSR count). The molecule has 24 heavy (non-hydrogen) atoms. The third-order valence-electron chi connectivity index (χ3n) is 4.41. The molecule has 5 nitrogen and oxygen atoms in total. The van der Waals surface area contributed by atoms with Gasteiger partial charge in [-0.25, -0.2) is 4.79 Å². The highest BCUT2D eigenvalue weighted by Gasteiger charge is 2.41. The lowest BCUT2D eigenvalue weighted by atomic mass is 9.91. The van der Waals surface area contributed by atoms with Gasteiger partial charge in [0.1, 0.15) is 5.54 Å². The quantitative estimate of drug-likeness (QED) is 0.772. The van der Waals surface area contributed by atoms with Gasteiger partial charge in [0.15, 0.2) is 5.78 Å². The van der Waals surface area contributed by atoms with Crippen LogP contribution in [0.4, 0.5) is 0 Å². The van der Waals surface area contributed by atoms with Crippen LogP contribution in [0.15, 0.2) is 18.2 Å². The number of nitrogens with one attached hydrogen (secondary N) is 1. The van der Waals surface area contributed by atoms with Gasteiger partial charge in [0.25, 0.3) is 0 Å². The van der Waals surface area contributed by atoms with E-state index in [9.17, 15) is 19.5 Å². The first-order valence-corrected chi connectivity index (χ1v) is 9.22. The number of hydrogen-bond acceptors (Lipinski definition) is 4. The Bertz CT molecular complexity index is 650. The van der Waals surface area contributed by atoms with Crippen LogP contribution in [-0.4, -0.2) is 39.8 Å². The average molecular weight is 349 g/mol. The molecule has 1 aliphatic heterocycles. The molecule has 1 aliphatic rings. The summed E-state index contributed by atoms with van der Waals surface area (Å²) >= 11 is 1.69. The third-order valence-corrected chi connectivity index (χ3v) is 5.39. The van der Waals surface area contributed by atoms with Crippen LogP contribution in [0, 0.1) is 13.8 Å². The Morgan fingerprint density at radius 2 is 1.83 bits per heavy atom. The van der Waals surface area contributed by atoms with E-state index >= 15 is 0 Å². The van der Waals surface area contributed by atoms with E-state index in [4.69, 9.17) is 0 Å². The summed E-state index contributed by atoms with van der Waals surface area (Å²) in [4.78, 5) is 36.1. The molecule has 0 atom stereocenters. The van der Waals surface area contributed by atoms with Crippen LogP contribution in [0.25, 0.3) is 0 Å². The standard InChI is InChI=1S/C18H23NO4S/c1-12-3-4-13(2)14(11-12)15(20)5-6-16(21)19-18(17(22)23)7-9-24-10-8-18/h3-4,11H,5-10H2,1-2H3,(H,19,21)(H,22,23). The number of benzene rings is 1. The maximum Gasteiger partial charge on any atom is 0.329 e. The first-order chi connectivity index (χ1) is 11.3. The predicted octanol–water partition coefficient (Wildman–Crippen LogP) is 2.73. The first kappa shape index (κ1) is 18.5. The van der Waals surface area contributed by atoms with Crippen LogP contribution < -0.4 is 5.32 Å². The first-order valence-electron chi connectivity index (χ1n) is 8.07. The minimum absolute atomic E-state index is 0.00832. The monoisotopic (exact) mass is 349 g/mol. The van der Waals surface area contributed by atoms with Gasteiger partial charge in [0.2, 0.25) is 5.91 Å². The molecule has 1 heterocycles. The number of aryl methyl sites for hydroxylation is 2. The number of hydrogen-bond donors (Lipinski definition) is 2. The van der Waals surface area contributed by atoms with E-state index in [1.54, 1.807) is 11.8 Å². The molecule has 1 aromatic rings. The molecular formula is C18H23NO4S. The second-order valence-electron chi connectivity index (χ2n) is 6.29. The highest BCUT2D eigenvalue weighted by atomic mass is 32.2. The van der Waals surface area contributed by atoms with Gasteiger partial charge in [-0.05, 0) is 49.8 Å². The van der Waals surface area contributed by atoms with Crippen molar-refractivity contribution in [3.05, 3.63) is 34.9 Å². The zero-order valence-corrected chi connectivity index (χ0v) is 14.9. The van der Waals surface area contributed by atoms with Gasteiger partial charge in [-0.2, -0.15) is 11.8 Å². The third kappa shape index (κ3) is 4.38. The van der Waals surface area contributed by atoms with E-state index in [1.165, 1.54) is 0 Å². The fraction of sp³-hybridized carbons (Fsp3) is 0.500. The largest absolute Gasteiger partial charge is 0.480 e.